The first-order chi connectivity index (χ1) is 14.7. The highest BCUT2D eigenvalue weighted by Gasteiger charge is 2.40. The van der Waals surface area contributed by atoms with E-state index < -0.39 is 0 Å². The Kier molecular flexibility index (Phi) is 6.27. The van der Waals surface area contributed by atoms with E-state index in [0.29, 0.717) is 12.0 Å². The molecule has 5 rings (SSSR count). The van der Waals surface area contributed by atoms with Gasteiger partial charge in [0.1, 0.15) is 0 Å². The molecule has 0 bridgehead atoms. The second kappa shape index (κ2) is 8.94. The van der Waals surface area contributed by atoms with Crippen molar-refractivity contribution in [3.63, 3.8) is 0 Å². The van der Waals surface area contributed by atoms with E-state index in [0.717, 1.165) is 37.4 Å². The van der Waals surface area contributed by atoms with Gasteiger partial charge < -0.3 is 9.47 Å². The van der Waals surface area contributed by atoms with E-state index in [-0.39, 0.29) is 12.4 Å². The summed E-state index contributed by atoms with van der Waals surface area (Å²) < 4.78 is 11.3. The van der Waals surface area contributed by atoms with Crippen LogP contribution in [0.2, 0.25) is 0 Å². The highest BCUT2D eigenvalue weighted by Crippen LogP contribution is 2.48. The Labute approximate surface area is 191 Å². The summed E-state index contributed by atoms with van der Waals surface area (Å²) >= 11 is 0. The minimum atomic E-state index is 0. The van der Waals surface area contributed by atoms with Crippen molar-refractivity contribution in [1.82, 2.24) is 4.90 Å². The van der Waals surface area contributed by atoms with E-state index in [9.17, 15) is 0 Å². The summed E-state index contributed by atoms with van der Waals surface area (Å²) in [5.41, 5.74) is 8.52. The predicted molar refractivity (Wildman–Crippen MR) is 128 cm³/mol. The highest BCUT2D eigenvalue weighted by atomic mass is 35.5. The SMILES string of the molecule is COc1cc2c(cc1OC)[C@@H]1c3cccc(C)c3CN(Cc3ccccc3)[C@H]1CC2.Cl. The number of benzene rings is 3. The van der Waals surface area contributed by atoms with Gasteiger partial charge in [0.15, 0.2) is 11.5 Å². The predicted octanol–water partition coefficient (Wildman–Crippen LogP) is 5.90. The molecule has 0 amide bonds. The first-order valence-electron chi connectivity index (χ1n) is 10.8. The Morgan fingerprint density at radius 2 is 1.65 bits per heavy atom. The lowest BCUT2D eigenvalue weighted by molar-refractivity contribution is 0.132. The van der Waals surface area contributed by atoms with Crippen LogP contribution in [-0.4, -0.2) is 25.2 Å². The topological polar surface area (TPSA) is 21.7 Å². The second-order valence-electron chi connectivity index (χ2n) is 8.52. The molecule has 3 nitrogen and oxygen atoms in total. The Balaban J connectivity index is 0.00000231. The smallest absolute Gasteiger partial charge is 0.161 e. The van der Waals surface area contributed by atoms with Gasteiger partial charge in [-0.3, -0.25) is 4.90 Å². The fourth-order valence-corrected chi connectivity index (χ4v) is 5.43. The van der Waals surface area contributed by atoms with Gasteiger partial charge in [0.2, 0.25) is 0 Å². The second-order valence-corrected chi connectivity index (χ2v) is 8.52. The zero-order valence-electron chi connectivity index (χ0n) is 18.4. The van der Waals surface area contributed by atoms with E-state index >= 15 is 0 Å². The van der Waals surface area contributed by atoms with Crippen LogP contribution in [-0.2, 0) is 19.5 Å². The van der Waals surface area contributed by atoms with Crippen molar-refractivity contribution in [2.75, 3.05) is 14.2 Å². The zero-order chi connectivity index (χ0) is 20.7. The van der Waals surface area contributed by atoms with E-state index in [1.807, 2.05) is 0 Å². The molecule has 0 aromatic heterocycles. The first-order valence-corrected chi connectivity index (χ1v) is 10.8. The molecule has 1 aliphatic heterocycles. The Morgan fingerprint density at radius 3 is 2.39 bits per heavy atom. The third kappa shape index (κ3) is 3.81. The minimum absolute atomic E-state index is 0. The number of halogens is 1. The van der Waals surface area contributed by atoms with Gasteiger partial charge in [-0.2, -0.15) is 0 Å². The van der Waals surface area contributed by atoms with Crippen molar-refractivity contribution in [1.29, 1.82) is 0 Å². The van der Waals surface area contributed by atoms with Gasteiger partial charge in [0.25, 0.3) is 0 Å². The van der Waals surface area contributed by atoms with E-state index in [4.69, 9.17) is 9.47 Å². The molecule has 0 unspecified atom stereocenters. The summed E-state index contributed by atoms with van der Waals surface area (Å²) in [4.78, 5) is 2.69. The van der Waals surface area contributed by atoms with Crippen LogP contribution >= 0.6 is 12.4 Å². The van der Waals surface area contributed by atoms with Crippen LogP contribution in [0.5, 0.6) is 11.5 Å². The Morgan fingerprint density at radius 1 is 0.903 bits per heavy atom. The molecule has 0 spiro atoms. The van der Waals surface area contributed by atoms with Gasteiger partial charge in [-0.15, -0.1) is 12.4 Å². The van der Waals surface area contributed by atoms with Crippen molar-refractivity contribution in [3.8, 4) is 11.5 Å². The normalized spacial score (nSPS) is 19.5. The third-order valence-electron chi connectivity index (χ3n) is 6.91. The summed E-state index contributed by atoms with van der Waals surface area (Å²) in [6.07, 6.45) is 2.23. The molecule has 3 aromatic carbocycles. The van der Waals surface area contributed by atoms with E-state index in [1.54, 1.807) is 14.2 Å². The van der Waals surface area contributed by atoms with Crippen LogP contribution in [0.3, 0.4) is 0 Å². The number of methoxy groups -OCH3 is 2. The maximum atomic E-state index is 5.68. The number of aryl methyl sites for hydroxylation is 2. The van der Waals surface area contributed by atoms with E-state index in [2.05, 4.69) is 72.5 Å². The lowest BCUT2D eigenvalue weighted by Gasteiger charge is -2.46. The molecular formula is C27H30ClNO2. The first kappa shape index (κ1) is 21.7. The standard InChI is InChI=1S/C27H29NO2.ClH/c1-18-8-7-11-21-23(18)17-28(16-19-9-5-4-6-10-19)24-13-12-20-14-25(29-2)26(30-3)15-22(20)27(21)24;/h4-11,14-15,24,27H,12-13,16-17H2,1-3H3;1H/t24-,27-;/m0./s1. The molecule has 1 heterocycles. The summed E-state index contributed by atoms with van der Waals surface area (Å²) in [5.74, 6) is 2.02. The van der Waals surface area contributed by atoms with Gasteiger partial charge in [0, 0.05) is 25.0 Å². The number of hydrogen-bond donors (Lipinski definition) is 0. The van der Waals surface area contributed by atoms with Crippen LogP contribution in [0.25, 0.3) is 0 Å². The molecule has 0 N–H and O–H groups in total. The van der Waals surface area contributed by atoms with Crippen molar-refractivity contribution < 1.29 is 9.47 Å². The van der Waals surface area contributed by atoms with Crippen molar-refractivity contribution in [3.05, 3.63) is 94.0 Å². The summed E-state index contributed by atoms with van der Waals surface area (Å²) in [6.45, 7) is 4.25. The molecular weight excluding hydrogens is 406 g/mol. The molecule has 0 fully saturated rings. The highest BCUT2D eigenvalue weighted by molar-refractivity contribution is 5.85. The average molecular weight is 436 g/mol. The monoisotopic (exact) mass is 435 g/mol. The van der Waals surface area contributed by atoms with Gasteiger partial charge in [-0.25, -0.2) is 0 Å². The van der Waals surface area contributed by atoms with Crippen LogP contribution in [0, 0.1) is 6.92 Å². The molecule has 2 aliphatic rings. The van der Waals surface area contributed by atoms with Gasteiger partial charge in [-0.1, -0.05) is 48.5 Å². The quantitative estimate of drug-likeness (QED) is 0.509. The molecule has 4 heteroatoms. The molecule has 0 saturated carbocycles. The molecule has 31 heavy (non-hydrogen) atoms. The number of nitrogens with zero attached hydrogens (tertiary/aromatic N) is 1. The molecule has 1 aliphatic carbocycles. The molecule has 3 aromatic rings. The zero-order valence-corrected chi connectivity index (χ0v) is 19.2. The lowest BCUT2D eigenvalue weighted by atomic mass is 9.70. The Hall–Kier alpha value is -2.49. The minimum Gasteiger partial charge on any atom is -0.493 e. The lowest BCUT2D eigenvalue weighted by Crippen LogP contribution is -2.45. The van der Waals surface area contributed by atoms with Crippen LogP contribution < -0.4 is 9.47 Å². The number of hydrogen-bond acceptors (Lipinski definition) is 3. The van der Waals surface area contributed by atoms with Gasteiger partial charge >= 0.3 is 0 Å². The molecule has 162 valence electrons. The fraction of sp³-hybridized carbons (Fsp3) is 0.333. The average Bonchev–Trinajstić information content (AvgIpc) is 2.79. The maximum absolute atomic E-state index is 5.68. The van der Waals surface area contributed by atoms with E-state index in [1.165, 1.54) is 33.4 Å². The molecule has 0 saturated heterocycles. The number of fused-ring (bicyclic) bond motifs is 5. The largest absolute Gasteiger partial charge is 0.493 e. The van der Waals surface area contributed by atoms with Crippen LogP contribution in [0.1, 0.15) is 45.7 Å². The summed E-state index contributed by atoms with van der Waals surface area (Å²) in [7, 11) is 3.45. The third-order valence-corrected chi connectivity index (χ3v) is 6.91. The summed E-state index contributed by atoms with van der Waals surface area (Å²) in [6, 6.07) is 22.6. The fourth-order valence-electron chi connectivity index (χ4n) is 5.43. The number of rotatable bonds is 4. The van der Waals surface area contributed by atoms with Gasteiger partial charge in [-0.05, 0) is 65.3 Å². The van der Waals surface area contributed by atoms with Crippen molar-refractivity contribution in [2.24, 2.45) is 0 Å². The van der Waals surface area contributed by atoms with Crippen molar-refractivity contribution >= 4 is 12.4 Å². The van der Waals surface area contributed by atoms with Crippen LogP contribution in [0.15, 0.2) is 60.7 Å². The van der Waals surface area contributed by atoms with Gasteiger partial charge in [0.05, 0.1) is 14.2 Å². The molecule has 0 radical (unpaired) electrons. The van der Waals surface area contributed by atoms with Crippen molar-refractivity contribution in [2.45, 2.75) is 44.8 Å². The van der Waals surface area contributed by atoms with Crippen LogP contribution in [0.4, 0.5) is 0 Å². The Bertz CT molecular complexity index is 1070. The maximum Gasteiger partial charge on any atom is 0.161 e. The molecule has 2 atom stereocenters. The summed E-state index contributed by atoms with van der Waals surface area (Å²) in [5, 5.41) is 0. The number of ether oxygens (including phenoxy) is 2.